The normalized spacial score (nSPS) is 17.7. The van der Waals surface area contributed by atoms with Gasteiger partial charge in [-0.3, -0.25) is 0 Å². The Hall–Kier alpha value is -0.760. The molecule has 0 unspecified atom stereocenters. The molecule has 1 aliphatic rings. The average Bonchev–Trinajstić information content (AvgIpc) is 2.69. The molecular formula is C8H10O2. The van der Waals surface area contributed by atoms with Gasteiger partial charge in [-0.05, 0) is 18.9 Å². The molecule has 1 aromatic rings. The number of furan rings is 1. The predicted octanol–water partition coefficient (Wildman–Crippen LogP) is 1.65. The van der Waals surface area contributed by atoms with E-state index in [9.17, 15) is 0 Å². The Morgan fingerprint density at radius 1 is 1.60 bits per heavy atom. The first-order valence-electron chi connectivity index (χ1n) is 3.59. The first-order chi connectivity index (χ1) is 4.92. The lowest BCUT2D eigenvalue weighted by Crippen LogP contribution is -1.84. The lowest BCUT2D eigenvalue weighted by Gasteiger charge is -1.93. The summed E-state index contributed by atoms with van der Waals surface area (Å²) in [6, 6.07) is 1.84. The molecule has 1 N–H and O–H groups in total. The Kier molecular flexibility index (Phi) is 1.27. The SMILES string of the molecule is OCc1ccoc1C1CC1. The maximum Gasteiger partial charge on any atom is 0.112 e. The van der Waals surface area contributed by atoms with Crippen molar-refractivity contribution in [3.05, 3.63) is 23.7 Å². The van der Waals surface area contributed by atoms with Crippen LogP contribution in [0.15, 0.2) is 16.7 Å². The molecule has 2 heteroatoms. The van der Waals surface area contributed by atoms with Crippen LogP contribution in [-0.4, -0.2) is 5.11 Å². The Labute approximate surface area is 59.5 Å². The summed E-state index contributed by atoms with van der Waals surface area (Å²) in [5, 5.41) is 8.82. The second kappa shape index (κ2) is 2.13. The molecule has 0 atom stereocenters. The van der Waals surface area contributed by atoms with Gasteiger partial charge >= 0.3 is 0 Å². The molecule has 1 aliphatic carbocycles. The fourth-order valence-electron chi connectivity index (χ4n) is 1.18. The minimum absolute atomic E-state index is 0.113. The summed E-state index contributed by atoms with van der Waals surface area (Å²) in [6.45, 7) is 0.113. The smallest absolute Gasteiger partial charge is 0.112 e. The van der Waals surface area contributed by atoms with E-state index < -0.39 is 0 Å². The van der Waals surface area contributed by atoms with E-state index in [0.29, 0.717) is 5.92 Å². The summed E-state index contributed by atoms with van der Waals surface area (Å²) < 4.78 is 5.22. The second-order valence-electron chi connectivity index (χ2n) is 2.74. The van der Waals surface area contributed by atoms with Crippen LogP contribution in [0.1, 0.15) is 30.1 Å². The molecule has 0 amide bonds. The van der Waals surface area contributed by atoms with Gasteiger partial charge in [-0.2, -0.15) is 0 Å². The summed E-state index contributed by atoms with van der Waals surface area (Å²) in [7, 11) is 0. The number of hydrogen-bond acceptors (Lipinski definition) is 2. The maximum absolute atomic E-state index is 8.82. The molecule has 1 fully saturated rings. The van der Waals surface area contributed by atoms with Gasteiger partial charge in [0.1, 0.15) is 5.76 Å². The lowest BCUT2D eigenvalue weighted by atomic mass is 10.2. The average molecular weight is 138 g/mol. The first-order valence-corrected chi connectivity index (χ1v) is 3.59. The molecule has 10 heavy (non-hydrogen) atoms. The van der Waals surface area contributed by atoms with Gasteiger partial charge in [-0.1, -0.05) is 0 Å². The monoisotopic (exact) mass is 138 g/mol. The largest absolute Gasteiger partial charge is 0.469 e. The van der Waals surface area contributed by atoms with Gasteiger partial charge in [-0.25, -0.2) is 0 Å². The zero-order chi connectivity index (χ0) is 6.97. The zero-order valence-corrected chi connectivity index (χ0v) is 5.71. The number of hydrogen-bond donors (Lipinski definition) is 1. The quantitative estimate of drug-likeness (QED) is 0.674. The molecule has 0 radical (unpaired) electrons. The number of aliphatic hydroxyl groups is 1. The van der Waals surface area contributed by atoms with Crippen molar-refractivity contribution in [3.63, 3.8) is 0 Å². The number of rotatable bonds is 2. The molecule has 2 rings (SSSR count). The molecule has 0 bridgehead atoms. The van der Waals surface area contributed by atoms with Crippen molar-refractivity contribution >= 4 is 0 Å². The fourth-order valence-corrected chi connectivity index (χ4v) is 1.18. The van der Waals surface area contributed by atoms with E-state index in [2.05, 4.69) is 0 Å². The Balaban J connectivity index is 2.28. The van der Waals surface area contributed by atoms with Crippen molar-refractivity contribution in [1.29, 1.82) is 0 Å². The molecule has 0 spiro atoms. The van der Waals surface area contributed by atoms with Gasteiger partial charge in [-0.15, -0.1) is 0 Å². The highest BCUT2D eigenvalue weighted by molar-refractivity contribution is 5.23. The summed E-state index contributed by atoms with van der Waals surface area (Å²) in [4.78, 5) is 0. The molecule has 0 aromatic carbocycles. The van der Waals surface area contributed by atoms with Crippen molar-refractivity contribution in [1.82, 2.24) is 0 Å². The molecule has 1 heterocycles. The molecule has 54 valence electrons. The summed E-state index contributed by atoms with van der Waals surface area (Å²) in [6.07, 6.45) is 4.10. The fraction of sp³-hybridized carbons (Fsp3) is 0.500. The molecule has 0 saturated heterocycles. The third-order valence-electron chi connectivity index (χ3n) is 1.90. The van der Waals surface area contributed by atoms with Crippen molar-refractivity contribution in [2.45, 2.75) is 25.4 Å². The highest BCUT2D eigenvalue weighted by atomic mass is 16.3. The standard InChI is InChI=1S/C8H10O2/c9-5-7-3-4-10-8(7)6-1-2-6/h3-4,6,9H,1-2,5H2. The van der Waals surface area contributed by atoms with Gasteiger partial charge in [0.15, 0.2) is 0 Å². The van der Waals surface area contributed by atoms with Crippen LogP contribution in [-0.2, 0) is 6.61 Å². The molecule has 0 aliphatic heterocycles. The molecule has 2 nitrogen and oxygen atoms in total. The van der Waals surface area contributed by atoms with Gasteiger partial charge in [0.2, 0.25) is 0 Å². The highest BCUT2D eigenvalue weighted by Crippen LogP contribution is 2.41. The summed E-state index contributed by atoms with van der Waals surface area (Å²) in [5.41, 5.74) is 0.961. The number of aliphatic hydroxyl groups excluding tert-OH is 1. The van der Waals surface area contributed by atoms with Crippen molar-refractivity contribution in [3.8, 4) is 0 Å². The van der Waals surface area contributed by atoms with Gasteiger partial charge < -0.3 is 9.52 Å². The lowest BCUT2D eigenvalue weighted by molar-refractivity contribution is 0.278. The van der Waals surface area contributed by atoms with E-state index in [1.54, 1.807) is 6.26 Å². The van der Waals surface area contributed by atoms with Crippen LogP contribution in [0, 0.1) is 0 Å². The molecular weight excluding hydrogens is 128 g/mol. The Morgan fingerprint density at radius 2 is 2.40 bits per heavy atom. The third kappa shape index (κ3) is 0.847. The van der Waals surface area contributed by atoms with Crippen LogP contribution >= 0.6 is 0 Å². The van der Waals surface area contributed by atoms with E-state index in [1.807, 2.05) is 6.07 Å². The highest BCUT2D eigenvalue weighted by Gasteiger charge is 2.28. The van der Waals surface area contributed by atoms with Crippen molar-refractivity contribution in [2.75, 3.05) is 0 Å². The van der Waals surface area contributed by atoms with E-state index in [0.717, 1.165) is 11.3 Å². The van der Waals surface area contributed by atoms with Gasteiger partial charge in [0.25, 0.3) is 0 Å². The van der Waals surface area contributed by atoms with Crippen LogP contribution in [0.25, 0.3) is 0 Å². The Morgan fingerprint density at radius 3 is 3.00 bits per heavy atom. The third-order valence-corrected chi connectivity index (χ3v) is 1.90. The van der Waals surface area contributed by atoms with E-state index in [1.165, 1.54) is 12.8 Å². The zero-order valence-electron chi connectivity index (χ0n) is 5.71. The Bertz CT molecular complexity index is 223. The van der Waals surface area contributed by atoms with E-state index in [-0.39, 0.29) is 6.61 Å². The van der Waals surface area contributed by atoms with E-state index >= 15 is 0 Å². The van der Waals surface area contributed by atoms with Crippen LogP contribution in [0.4, 0.5) is 0 Å². The maximum atomic E-state index is 8.82. The molecule has 1 aromatic heterocycles. The van der Waals surface area contributed by atoms with Crippen molar-refractivity contribution in [2.24, 2.45) is 0 Å². The topological polar surface area (TPSA) is 33.4 Å². The van der Waals surface area contributed by atoms with Crippen LogP contribution in [0.3, 0.4) is 0 Å². The van der Waals surface area contributed by atoms with Crippen molar-refractivity contribution < 1.29 is 9.52 Å². The first kappa shape index (κ1) is 5.98. The predicted molar refractivity (Wildman–Crippen MR) is 36.6 cm³/mol. The van der Waals surface area contributed by atoms with Crippen LogP contribution in [0.5, 0.6) is 0 Å². The summed E-state index contributed by atoms with van der Waals surface area (Å²) in [5.74, 6) is 1.61. The minimum atomic E-state index is 0.113. The van der Waals surface area contributed by atoms with E-state index in [4.69, 9.17) is 9.52 Å². The minimum Gasteiger partial charge on any atom is -0.469 e. The van der Waals surface area contributed by atoms with Crippen LogP contribution < -0.4 is 0 Å². The molecule has 1 saturated carbocycles. The summed E-state index contributed by atoms with van der Waals surface area (Å²) >= 11 is 0. The van der Waals surface area contributed by atoms with Crippen LogP contribution in [0.2, 0.25) is 0 Å². The second-order valence-corrected chi connectivity index (χ2v) is 2.74. The van der Waals surface area contributed by atoms with Gasteiger partial charge in [0, 0.05) is 11.5 Å². The van der Waals surface area contributed by atoms with Gasteiger partial charge in [0.05, 0.1) is 12.9 Å².